The molecule has 0 aliphatic carbocycles. The molecule has 0 bridgehead atoms. The summed E-state index contributed by atoms with van der Waals surface area (Å²) in [4.78, 5) is 22.2. The Labute approximate surface area is 107 Å². The van der Waals surface area contributed by atoms with Gasteiger partial charge in [0.1, 0.15) is 0 Å². The molecular formula is C13H20N4O. The summed E-state index contributed by atoms with van der Waals surface area (Å²) in [6.45, 7) is 2.85. The molecule has 18 heavy (non-hydrogen) atoms. The second-order valence-corrected chi connectivity index (χ2v) is 4.69. The van der Waals surface area contributed by atoms with E-state index in [1.54, 1.807) is 6.20 Å². The Balaban J connectivity index is 2.20. The topological polar surface area (TPSA) is 72.1 Å². The first-order chi connectivity index (χ1) is 8.72. The normalized spacial score (nSPS) is 19.8. The SMILES string of the molecule is CCCC(=O)N1CCCC[C@@H]1c1ccnc(N)n1. The predicted octanol–water partition coefficient (Wildman–Crippen LogP) is 1.91. The molecule has 1 fully saturated rings. The molecule has 1 aliphatic heterocycles. The van der Waals surface area contributed by atoms with Gasteiger partial charge in [-0.2, -0.15) is 0 Å². The van der Waals surface area contributed by atoms with Gasteiger partial charge in [0.05, 0.1) is 11.7 Å². The first-order valence-electron chi connectivity index (χ1n) is 6.60. The van der Waals surface area contributed by atoms with Crippen LogP contribution < -0.4 is 5.73 Å². The van der Waals surface area contributed by atoms with Gasteiger partial charge in [-0.1, -0.05) is 6.92 Å². The van der Waals surface area contributed by atoms with Crippen LogP contribution in [0.2, 0.25) is 0 Å². The minimum absolute atomic E-state index is 0.0723. The van der Waals surface area contributed by atoms with Crippen LogP contribution in [0.3, 0.4) is 0 Å². The van der Waals surface area contributed by atoms with Gasteiger partial charge in [0.15, 0.2) is 0 Å². The molecule has 0 aromatic carbocycles. The zero-order valence-corrected chi connectivity index (χ0v) is 10.8. The van der Waals surface area contributed by atoms with Gasteiger partial charge in [0, 0.05) is 19.2 Å². The average molecular weight is 248 g/mol. The Morgan fingerprint density at radius 1 is 1.56 bits per heavy atom. The molecule has 0 radical (unpaired) electrons. The number of rotatable bonds is 3. The molecule has 5 nitrogen and oxygen atoms in total. The van der Waals surface area contributed by atoms with Gasteiger partial charge in [0.2, 0.25) is 11.9 Å². The smallest absolute Gasteiger partial charge is 0.223 e. The number of piperidine rings is 1. The third kappa shape index (κ3) is 2.78. The van der Waals surface area contributed by atoms with E-state index in [0.717, 1.165) is 37.9 Å². The second kappa shape index (κ2) is 5.80. The number of nitrogen functional groups attached to an aromatic ring is 1. The lowest BCUT2D eigenvalue weighted by Crippen LogP contribution is -2.38. The summed E-state index contributed by atoms with van der Waals surface area (Å²) >= 11 is 0. The molecule has 2 rings (SSSR count). The number of hydrogen-bond acceptors (Lipinski definition) is 4. The molecule has 0 spiro atoms. The summed E-state index contributed by atoms with van der Waals surface area (Å²) in [6, 6.07) is 1.93. The van der Waals surface area contributed by atoms with Gasteiger partial charge in [-0.15, -0.1) is 0 Å². The summed E-state index contributed by atoms with van der Waals surface area (Å²) in [5, 5.41) is 0. The van der Waals surface area contributed by atoms with Crippen molar-refractivity contribution in [2.24, 2.45) is 0 Å². The van der Waals surface area contributed by atoms with Crippen LogP contribution in [-0.4, -0.2) is 27.3 Å². The van der Waals surface area contributed by atoms with Crippen LogP contribution >= 0.6 is 0 Å². The lowest BCUT2D eigenvalue weighted by Gasteiger charge is -2.35. The predicted molar refractivity (Wildman–Crippen MR) is 69.7 cm³/mol. The van der Waals surface area contributed by atoms with E-state index < -0.39 is 0 Å². The van der Waals surface area contributed by atoms with E-state index in [4.69, 9.17) is 5.73 Å². The third-order valence-electron chi connectivity index (χ3n) is 3.32. The van der Waals surface area contributed by atoms with Crippen molar-refractivity contribution in [1.82, 2.24) is 14.9 Å². The van der Waals surface area contributed by atoms with Gasteiger partial charge < -0.3 is 10.6 Å². The van der Waals surface area contributed by atoms with E-state index in [2.05, 4.69) is 9.97 Å². The monoisotopic (exact) mass is 248 g/mol. The number of amides is 1. The number of anilines is 1. The molecule has 1 aliphatic rings. The van der Waals surface area contributed by atoms with Crippen molar-refractivity contribution < 1.29 is 4.79 Å². The van der Waals surface area contributed by atoms with Crippen LogP contribution in [0, 0.1) is 0 Å². The average Bonchev–Trinajstić information content (AvgIpc) is 2.39. The fraction of sp³-hybridized carbons (Fsp3) is 0.615. The van der Waals surface area contributed by atoms with E-state index in [0.29, 0.717) is 6.42 Å². The highest BCUT2D eigenvalue weighted by atomic mass is 16.2. The maximum atomic E-state index is 12.1. The minimum Gasteiger partial charge on any atom is -0.368 e. The summed E-state index contributed by atoms with van der Waals surface area (Å²) in [5.74, 6) is 0.500. The highest BCUT2D eigenvalue weighted by molar-refractivity contribution is 5.76. The fourth-order valence-electron chi connectivity index (χ4n) is 2.47. The van der Waals surface area contributed by atoms with Crippen LogP contribution in [0.15, 0.2) is 12.3 Å². The first-order valence-corrected chi connectivity index (χ1v) is 6.60. The Morgan fingerprint density at radius 2 is 2.39 bits per heavy atom. The second-order valence-electron chi connectivity index (χ2n) is 4.69. The largest absolute Gasteiger partial charge is 0.368 e. The van der Waals surface area contributed by atoms with Gasteiger partial charge >= 0.3 is 0 Å². The number of nitrogens with zero attached hydrogens (tertiary/aromatic N) is 3. The Kier molecular flexibility index (Phi) is 4.12. The van der Waals surface area contributed by atoms with Gasteiger partial charge in [-0.3, -0.25) is 4.79 Å². The quantitative estimate of drug-likeness (QED) is 0.887. The molecule has 1 amide bonds. The zero-order valence-electron chi connectivity index (χ0n) is 10.8. The summed E-state index contributed by atoms with van der Waals surface area (Å²) in [5.41, 5.74) is 6.49. The number of carbonyl (C=O) groups excluding carboxylic acids is 1. The third-order valence-corrected chi connectivity index (χ3v) is 3.32. The molecule has 98 valence electrons. The highest BCUT2D eigenvalue weighted by Crippen LogP contribution is 2.30. The molecule has 2 N–H and O–H groups in total. The minimum atomic E-state index is 0.0723. The summed E-state index contributed by atoms with van der Waals surface area (Å²) in [7, 11) is 0. The van der Waals surface area contributed by atoms with Crippen LogP contribution in [0.4, 0.5) is 5.95 Å². The Morgan fingerprint density at radius 3 is 3.11 bits per heavy atom. The highest BCUT2D eigenvalue weighted by Gasteiger charge is 2.28. The maximum absolute atomic E-state index is 12.1. The van der Waals surface area contributed by atoms with Crippen molar-refractivity contribution in [3.05, 3.63) is 18.0 Å². The van der Waals surface area contributed by atoms with E-state index in [1.807, 2.05) is 17.9 Å². The van der Waals surface area contributed by atoms with Crippen molar-refractivity contribution in [3.8, 4) is 0 Å². The van der Waals surface area contributed by atoms with E-state index in [-0.39, 0.29) is 17.9 Å². The van der Waals surface area contributed by atoms with Crippen LogP contribution in [0.25, 0.3) is 0 Å². The number of carbonyl (C=O) groups is 1. The number of aromatic nitrogens is 2. The first kappa shape index (κ1) is 12.8. The zero-order chi connectivity index (χ0) is 13.0. The van der Waals surface area contributed by atoms with Crippen LogP contribution in [0.1, 0.15) is 50.8 Å². The molecule has 1 saturated heterocycles. The lowest BCUT2D eigenvalue weighted by atomic mass is 9.98. The van der Waals surface area contributed by atoms with Crippen molar-refractivity contribution >= 4 is 11.9 Å². The molecule has 1 aromatic heterocycles. The number of hydrogen-bond donors (Lipinski definition) is 1. The van der Waals surface area contributed by atoms with Crippen molar-refractivity contribution in [3.63, 3.8) is 0 Å². The number of likely N-dealkylation sites (tertiary alicyclic amines) is 1. The Bertz CT molecular complexity index is 421. The van der Waals surface area contributed by atoms with Gasteiger partial charge in [-0.05, 0) is 31.7 Å². The maximum Gasteiger partial charge on any atom is 0.223 e. The van der Waals surface area contributed by atoms with E-state index >= 15 is 0 Å². The summed E-state index contributed by atoms with van der Waals surface area (Å²) < 4.78 is 0. The lowest BCUT2D eigenvalue weighted by molar-refractivity contribution is -0.135. The van der Waals surface area contributed by atoms with Crippen LogP contribution in [-0.2, 0) is 4.79 Å². The molecule has 1 atom stereocenters. The van der Waals surface area contributed by atoms with Gasteiger partial charge in [-0.25, -0.2) is 9.97 Å². The Hall–Kier alpha value is -1.65. The van der Waals surface area contributed by atoms with E-state index in [1.165, 1.54) is 0 Å². The van der Waals surface area contributed by atoms with Crippen molar-refractivity contribution in [2.75, 3.05) is 12.3 Å². The van der Waals surface area contributed by atoms with Crippen molar-refractivity contribution in [1.29, 1.82) is 0 Å². The van der Waals surface area contributed by atoms with Gasteiger partial charge in [0.25, 0.3) is 0 Å². The fourth-order valence-corrected chi connectivity index (χ4v) is 2.47. The molecule has 1 aromatic rings. The van der Waals surface area contributed by atoms with Crippen LogP contribution in [0.5, 0.6) is 0 Å². The number of nitrogens with two attached hydrogens (primary N) is 1. The molecule has 5 heteroatoms. The van der Waals surface area contributed by atoms with E-state index in [9.17, 15) is 4.79 Å². The summed E-state index contributed by atoms with van der Waals surface area (Å²) in [6.07, 6.45) is 6.32. The molecule has 2 heterocycles. The van der Waals surface area contributed by atoms with Crippen molar-refractivity contribution in [2.45, 2.75) is 45.1 Å². The molecule has 0 saturated carbocycles. The molecule has 0 unspecified atom stereocenters. The standard InChI is InChI=1S/C13H20N4O/c1-2-5-12(18)17-9-4-3-6-11(17)10-7-8-15-13(14)16-10/h7-8,11H,2-6,9H2,1H3,(H2,14,15,16)/t11-/m1/s1. The molecular weight excluding hydrogens is 228 g/mol.